The van der Waals surface area contributed by atoms with Crippen LogP contribution >= 0.6 is 11.3 Å². The predicted molar refractivity (Wildman–Crippen MR) is 61.3 cm³/mol. The number of carboxylic acid groups (broad SMARTS) is 1. The van der Waals surface area contributed by atoms with Crippen LogP contribution in [-0.2, 0) is 11.2 Å². The van der Waals surface area contributed by atoms with Crippen LogP contribution < -0.4 is 0 Å². The number of aryl methyl sites for hydroxylation is 1. The first-order valence-electron chi connectivity index (χ1n) is 4.84. The van der Waals surface area contributed by atoms with Crippen molar-refractivity contribution in [3.8, 4) is 10.6 Å². The van der Waals surface area contributed by atoms with Crippen LogP contribution in [0.15, 0.2) is 29.6 Å². The fourth-order valence-electron chi connectivity index (χ4n) is 1.28. The monoisotopic (exact) mass is 234 g/mol. The molecular weight excluding hydrogens is 224 g/mol. The number of carbonyl (C=O) groups is 1. The van der Waals surface area contributed by atoms with Gasteiger partial charge in [0, 0.05) is 6.42 Å². The molecule has 0 aliphatic heterocycles. The Morgan fingerprint density at radius 1 is 1.31 bits per heavy atom. The summed E-state index contributed by atoms with van der Waals surface area (Å²) in [5.41, 5.74) is 1.54. The summed E-state index contributed by atoms with van der Waals surface area (Å²) in [6, 6.07) is 7.63. The van der Waals surface area contributed by atoms with Gasteiger partial charge in [0.1, 0.15) is 5.69 Å². The van der Waals surface area contributed by atoms with Crippen LogP contribution in [0, 0.1) is 0 Å². The van der Waals surface area contributed by atoms with E-state index in [0.29, 0.717) is 12.1 Å². The zero-order valence-electron chi connectivity index (χ0n) is 8.46. The zero-order chi connectivity index (χ0) is 11.4. The SMILES string of the molecule is O=C(O)CCc1ccc(-c2cccs2)nn1. The maximum absolute atomic E-state index is 10.4. The van der Waals surface area contributed by atoms with Gasteiger partial charge < -0.3 is 5.11 Å². The van der Waals surface area contributed by atoms with Gasteiger partial charge in [0.15, 0.2) is 0 Å². The molecule has 2 aromatic rings. The van der Waals surface area contributed by atoms with Crippen LogP contribution in [0.3, 0.4) is 0 Å². The molecule has 0 saturated carbocycles. The van der Waals surface area contributed by atoms with Gasteiger partial charge in [-0.3, -0.25) is 4.79 Å². The highest BCUT2D eigenvalue weighted by Gasteiger charge is 2.03. The zero-order valence-corrected chi connectivity index (χ0v) is 9.28. The second kappa shape index (κ2) is 4.85. The first kappa shape index (κ1) is 10.8. The largest absolute Gasteiger partial charge is 0.481 e. The number of thiophene rings is 1. The Bertz CT molecular complexity index is 465. The molecule has 0 amide bonds. The van der Waals surface area contributed by atoms with Gasteiger partial charge in [-0.05, 0) is 23.6 Å². The molecule has 0 bridgehead atoms. The van der Waals surface area contributed by atoms with Crippen molar-refractivity contribution in [3.63, 3.8) is 0 Å². The number of aromatic nitrogens is 2. The summed E-state index contributed by atoms with van der Waals surface area (Å²) in [6.07, 6.45) is 0.514. The molecule has 5 heteroatoms. The van der Waals surface area contributed by atoms with Gasteiger partial charge in [0.25, 0.3) is 0 Å². The summed E-state index contributed by atoms with van der Waals surface area (Å²) >= 11 is 1.60. The van der Waals surface area contributed by atoms with Crippen LogP contribution in [0.25, 0.3) is 10.6 Å². The molecule has 1 N–H and O–H groups in total. The van der Waals surface area contributed by atoms with E-state index in [1.54, 1.807) is 11.3 Å². The van der Waals surface area contributed by atoms with E-state index < -0.39 is 5.97 Å². The normalized spacial score (nSPS) is 10.2. The number of nitrogens with zero attached hydrogens (tertiary/aromatic N) is 2. The Labute approximate surface area is 96.6 Å². The van der Waals surface area contributed by atoms with Crippen molar-refractivity contribution < 1.29 is 9.90 Å². The average Bonchev–Trinajstić information content (AvgIpc) is 2.80. The summed E-state index contributed by atoms with van der Waals surface area (Å²) in [5.74, 6) is -0.816. The van der Waals surface area contributed by atoms with E-state index in [-0.39, 0.29) is 6.42 Å². The molecule has 2 rings (SSSR count). The van der Waals surface area contributed by atoms with Gasteiger partial charge in [-0.25, -0.2) is 0 Å². The molecule has 0 aliphatic carbocycles. The molecule has 0 atom stereocenters. The molecule has 0 fully saturated rings. The second-order valence-electron chi connectivity index (χ2n) is 3.28. The van der Waals surface area contributed by atoms with Crippen molar-refractivity contribution in [2.24, 2.45) is 0 Å². The minimum atomic E-state index is -0.816. The molecule has 0 aromatic carbocycles. The van der Waals surface area contributed by atoms with E-state index >= 15 is 0 Å². The van der Waals surface area contributed by atoms with Gasteiger partial charge in [-0.1, -0.05) is 6.07 Å². The van der Waals surface area contributed by atoms with E-state index in [9.17, 15) is 4.79 Å². The molecule has 16 heavy (non-hydrogen) atoms. The van der Waals surface area contributed by atoms with E-state index in [1.807, 2.05) is 29.6 Å². The van der Waals surface area contributed by atoms with Crippen molar-refractivity contribution in [2.75, 3.05) is 0 Å². The first-order chi connectivity index (χ1) is 7.75. The van der Waals surface area contributed by atoms with Crippen LogP contribution in [0.1, 0.15) is 12.1 Å². The molecule has 4 nitrogen and oxygen atoms in total. The minimum absolute atomic E-state index is 0.0903. The lowest BCUT2D eigenvalue weighted by atomic mass is 10.2. The van der Waals surface area contributed by atoms with Crippen LogP contribution in [0.2, 0.25) is 0 Å². The smallest absolute Gasteiger partial charge is 0.303 e. The fourth-order valence-corrected chi connectivity index (χ4v) is 1.97. The van der Waals surface area contributed by atoms with E-state index in [1.165, 1.54) is 0 Å². The highest BCUT2D eigenvalue weighted by molar-refractivity contribution is 7.13. The van der Waals surface area contributed by atoms with E-state index in [2.05, 4.69) is 10.2 Å². The molecule has 0 saturated heterocycles. The van der Waals surface area contributed by atoms with Crippen molar-refractivity contribution >= 4 is 17.3 Å². The Balaban J connectivity index is 2.08. The van der Waals surface area contributed by atoms with Gasteiger partial charge in [-0.15, -0.1) is 16.4 Å². The van der Waals surface area contributed by atoms with Crippen molar-refractivity contribution in [2.45, 2.75) is 12.8 Å². The second-order valence-corrected chi connectivity index (χ2v) is 4.23. The van der Waals surface area contributed by atoms with Crippen LogP contribution in [-0.4, -0.2) is 21.3 Å². The average molecular weight is 234 g/mol. The highest BCUT2D eigenvalue weighted by atomic mass is 32.1. The molecule has 2 aromatic heterocycles. The summed E-state index contributed by atoms with van der Waals surface area (Å²) < 4.78 is 0. The van der Waals surface area contributed by atoms with Gasteiger partial charge in [0.05, 0.1) is 17.0 Å². The fraction of sp³-hybridized carbons (Fsp3) is 0.182. The highest BCUT2D eigenvalue weighted by Crippen LogP contribution is 2.21. The van der Waals surface area contributed by atoms with Crippen molar-refractivity contribution in [3.05, 3.63) is 35.3 Å². The minimum Gasteiger partial charge on any atom is -0.481 e. The Hall–Kier alpha value is -1.75. The molecule has 0 radical (unpaired) electrons. The maximum Gasteiger partial charge on any atom is 0.303 e. The number of hydrogen-bond acceptors (Lipinski definition) is 4. The third-order valence-electron chi connectivity index (χ3n) is 2.09. The Morgan fingerprint density at radius 2 is 2.19 bits per heavy atom. The van der Waals surface area contributed by atoms with Gasteiger partial charge >= 0.3 is 5.97 Å². The molecule has 2 heterocycles. The molecule has 0 spiro atoms. The quantitative estimate of drug-likeness (QED) is 0.881. The number of hydrogen-bond donors (Lipinski definition) is 1. The standard InChI is InChI=1S/C11H10N2O2S/c14-11(15)6-4-8-3-5-9(13-12-8)10-2-1-7-16-10/h1-3,5,7H,4,6H2,(H,14,15). The third kappa shape index (κ3) is 2.64. The predicted octanol–water partition coefficient (Wildman–Crippen LogP) is 2.22. The van der Waals surface area contributed by atoms with Crippen molar-refractivity contribution in [1.82, 2.24) is 10.2 Å². The third-order valence-corrected chi connectivity index (χ3v) is 2.98. The lowest BCUT2D eigenvalue weighted by Gasteiger charge is -1.98. The van der Waals surface area contributed by atoms with Gasteiger partial charge in [0.2, 0.25) is 0 Å². The molecule has 0 aliphatic rings. The van der Waals surface area contributed by atoms with Crippen molar-refractivity contribution in [1.29, 1.82) is 0 Å². The Morgan fingerprint density at radius 3 is 2.75 bits per heavy atom. The molecule has 0 unspecified atom stereocenters. The summed E-state index contributed by atoms with van der Waals surface area (Å²) in [5, 5.41) is 18.6. The Kier molecular flexibility index (Phi) is 3.26. The molecular formula is C11H10N2O2S. The number of aliphatic carboxylic acids is 1. The lowest BCUT2D eigenvalue weighted by Crippen LogP contribution is -2.00. The van der Waals surface area contributed by atoms with E-state index in [0.717, 1.165) is 10.6 Å². The summed E-state index contributed by atoms with van der Waals surface area (Å²) in [7, 11) is 0. The lowest BCUT2D eigenvalue weighted by molar-refractivity contribution is -0.136. The summed E-state index contributed by atoms with van der Waals surface area (Å²) in [4.78, 5) is 11.4. The molecule has 82 valence electrons. The van der Waals surface area contributed by atoms with Crippen LogP contribution in [0.4, 0.5) is 0 Å². The van der Waals surface area contributed by atoms with Gasteiger partial charge in [-0.2, -0.15) is 5.10 Å². The van der Waals surface area contributed by atoms with Crippen LogP contribution in [0.5, 0.6) is 0 Å². The topological polar surface area (TPSA) is 63.1 Å². The maximum atomic E-state index is 10.4. The van der Waals surface area contributed by atoms with E-state index in [4.69, 9.17) is 5.11 Å². The first-order valence-corrected chi connectivity index (χ1v) is 5.72. The number of carboxylic acids is 1. The summed E-state index contributed by atoms with van der Waals surface area (Å²) in [6.45, 7) is 0. The number of rotatable bonds is 4.